The van der Waals surface area contributed by atoms with Crippen molar-refractivity contribution in [2.75, 3.05) is 0 Å². The second-order valence-electron chi connectivity index (χ2n) is 7.36. The Bertz CT molecular complexity index is 1530. The Morgan fingerprint density at radius 1 is 0.971 bits per heavy atom. The van der Waals surface area contributed by atoms with E-state index in [9.17, 15) is 13.2 Å². The molecule has 1 aromatic heterocycles. The van der Waals surface area contributed by atoms with Crippen LogP contribution in [-0.4, -0.2) is 17.6 Å². The van der Waals surface area contributed by atoms with Crippen molar-refractivity contribution in [1.29, 1.82) is 0 Å². The molecular weight excluding hydrogens is 467 g/mol. The minimum absolute atomic E-state index is 0.00944. The van der Waals surface area contributed by atoms with Crippen LogP contribution in [0.4, 0.5) is 18.9 Å². The van der Waals surface area contributed by atoms with E-state index in [1.807, 2.05) is 18.2 Å². The summed E-state index contributed by atoms with van der Waals surface area (Å²) >= 11 is 5.87. The van der Waals surface area contributed by atoms with Gasteiger partial charge in [0.25, 0.3) is 0 Å². The zero-order valence-electron chi connectivity index (χ0n) is 17.4. The number of aromatic nitrogens is 1. The van der Waals surface area contributed by atoms with Crippen LogP contribution >= 0.6 is 11.6 Å². The lowest BCUT2D eigenvalue weighted by Gasteiger charge is -2.07. The molecule has 3 aromatic carbocycles. The maximum Gasteiger partial charge on any atom is 0.387 e. The first-order chi connectivity index (χ1) is 16.5. The van der Waals surface area contributed by atoms with Crippen molar-refractivity contribution in [3.8, 4) is 17.0 Å². The molecule has 1 aliphatic heterocycles. The Morgan fingerprint density at radius 3 is 2.65 bits per heavy atom. The summed E-state index contributed by atoms with van der Waals surface area (Å²) in [5.74, 6) is 0.260. The standard InChI is InChI=1S/C25H15ClF3N3O2/c26-18-6-3-5-17(23(18)27)24-30-19-11-9-14(12-21(19)31-24)8-10-15-13-20(32-34-15)16-4-1-2-7-22(16)33-25(28)29/h1-9,11-13,25H,10H2/b14-8+. The molecule has 0 saturated heterocycles. The van der Waals surface area contributed by atoms with Gasteiger partial charge < -0.3 is 9.26 Å². The summed E-state index contributed by atoms with van der Waals surface area (Å²) in [6.07, 6.45) is 2.31. The monoisotopic (exact) mass is 481 g/mol. The molecule has 0 amide bonds. The zero-order valence-corrected chi connectivity index (χ0v) is 18.1. The van der Waals surface area contributed by atoms with Gasteiger partial charge in [-0.1, -0.05) is 47.1 Å². The molecule has 5 rings (SSSR count). The third-order valence-electron chi connectivity index (χ3n) is 5.12. The topological polar surface area (TPSA) is 60.0 Å². The van der Waals surface area contributed by atoms with Gasteiger partial charge in [-0.15, -0.1) is 0 Å². The fourth-order valence-electron chi connectivity index (χ4n) is 3.53. The fraction of sp³-hybridized carbons (Fsp3) is 0.0800. The Morgan fingerprint density at radius 2 is 1.79 bits per heavy atom. The van der Waals surface area contributed by atoms with Crippen LogP contribution in [0.15, 0.2) is 81.2 Å². The number of hydrogen-bond donors (Lipinski definition) is 0. The van der Waals surface area contributed by atoms with Crippen LogP contribution in [0.2, 0.25) is 5.02 Å². The summed E-state index contributed by atoms with van der Waals surface area (Å²) in [5.41, 5.74) is 1.65. The molecule has 0 fully saturated rings. The molecule has 0 aliphatic carbocycles. The van der Waals surface area contributed by atoms with Crippen molar-refractivity contribution in [2.24, 2.45) is 9.98 Å². The van der Waals surface area contributed by atoms with Gasteiger partial charge >= 0.3 is 6.61 Å². The zero-order chi connectivity index (χ0) is 23.7. The highest BCUT2D eigenvalue weighted by atomic mass is 35.5. The summed E-state index contributed by atoms with van der Waals surface area (Å²) in [7, 11) is 0. The predicted molar refractivity (Wildman–Crippen MR) is 122 cm³/mol. The van der Waals surface area contributed by atoms with E-state index >= 15 is 0 Å². The van der Waals surface area contributed by atoms with E-state index in [4.69, 9.17) is 16.1 Å². The molecule has 170 valence electrons. The summed E-state index contributed by atoms with van der Waals surface area (Å²) in [6, 6.07) is 18.2. The molecule has 0 spiro atoms. The van der Waals surface area contributed by atoms with Crippen LogP contribution in [0.1, 0.15) is 11.3 Å². The highest BCUT2D eigenvalue weighted by molar-refractivity contribution is 6.31. The Balaban J connectivity index is 1.37. The summed E-state index contributed by atoms with van der Waals surface area (Å²) in [5, 5.41) is 5.47. The number of amidine groups is 1. The predicted octanol–water partition coefficient (Wildman–Crippen LogP) is 5.47. The number of fused-ring (bicyclic) bond motifs is 1. The minimum atomic E-state index is -2.94. The lowest BCUT2D eigenvalue weighted by Crippen LogP contribution is -2.07. The molecule has 1 aliphatic rings. The smallest absolute Gasteiger partial charge is 0.387 e. The average molecular weight is 482 g/mol. The third kappa shape index (κ3) is 4.45. The van der Waals surface area contributed by atoms with Gasteiger partial charge in [-0.2, -0.15) is 8.78 Å². The molecule has 34 heavy (non-hydrogen) atoms. The molecule has 0 atom stereocenters. The van der Waals surface area contributed by atoms with Gasteiger partial charge in [0, 0.05) is 18.1 Å². The molecule has 9 heteroatoms. The van der Waals surface area contributed by atoms with Crippen LogP contribution in [0.5, 0.6) is 5.75 Å². The molecule has 0 saturated carbocycles. The van der Waals surface area contributed by atoms with E-state index < -0.39 is 12.4 Å². The van der Waals surface area contributed by atoms with Crippen molar-refractivity contribution in [1.82, 2.24) is 5.16 Å². The van der Waals surface area contributed by atoms with E-state index in [2.05, 4.69) is 19.9 Å². The van der Waals surface area contributed by atoms with Crippen LogP contribution in [-0.2, 0) is 6.42 Å². The van der Waals surface area contributed by atoms with Crippen molar-refractivity contribution in [3.05, 3.63) is 99.5 Å². The minimum Gasteiger partial charge on any atom is -0.434 e. The number of alkyl halides is 2. The molecule has 0 bridgehead atoms. The first-order valence-electron chi connectivity index (χ1n) is 10.2. The molecule has 4 aromatic rings. The Hall–Kier alpha value is -3.91. The van der Waals surface area contributed by atoms with Gasteiger partial charge in [-0.05, 0) is 41.6 Å². The van der Waals surface area contributed by atoms with Crippen molar-refractivity contribution >= 4 is 29.2 Å². The summed E-state index contributed by atoms with van der Waals surface area (Å²) in [4.78, 5) is 8.83. The van der Waals surface area contributed by atoms with Crippen molar-refractivity contribution in [3.63, 3.8) is 0 Å². The SMILES string of the molecule is Fc1c(Cl)cccc1C1=Nc2c/c(=C/Cc3cc(-c4ccccc4OC(F)F)no3)ccc2=N1. The summed E-state index contributed by atoms with van der Waals surface area (Å²) < 4.78 is 49.6. The Labute approximate surface area is 196 Å². The molecule has 0 N–H and O–H groups in total. The lowest BCUT2D eigenvalue weighted by molar-refractivity contribution is -0.0494. The number of para-hydroxylation sites is 1. The number of benzene rings is 3. The second kappa shape index (κ2) is 9.15. The largest absolute Gasteiger partial charge is 0.434 e. The van der Waals surface area contributed by atoms with Gasteiger partial charge in [0.2, 0.25) is 0 Å². The van der Waals surface area contributed by atoms with E-state index in [0.717, 1.165) is 5.22 Å². The van der Waals surface area contributed by atoms with E-state index in [1.54, 1.807) is 42.5 Å². The molecular formula is C25H15ClF3N3O2. The number of hydrogen-bond acceptors (Lipinski definition) is 5. The third-order valence-corrected chi connectivity index (χ3v) is 5.41. The molecule has 2 heterocycles. The number of aliphatic imine (C=N–C) groups is 1. The van der Waals surface area contributed by atoms with E-state index in [1.165, 1.54) is 12.1 Å². The quantitative estimate of drug-likeness (QED) is 0.367. The number of ether oxygens (including phenoxy) is 1. The van der Waals surface area contributed by atoms with Crippen molar-refractivity contribution in [2.45, 2.75) is 13.0 Å². The fourth-order valence-corrected chi connectivity index (χ4v) is 3.71. The van der Waals surface area contributed by atoms with Gasteiger partial charge in [-0.25, -0.2) is 14.4 Å². The average Bonchev–Trinajstić information content (AvgIpc) is 3.46. The molecule has 0 unspecified atom stereocenters. The number of nitrogens with zero attached hydrogens (tertiary/aromatic N) is 3. The second-order valence-corrected chi connectivity index (χ2v) is 7.77. The molecule has 5 nitrogen and oxygen atoms in total. The first-order valence-corrected chi connectivity index (χ1v) is 10.6. The lowest BCUT2D eigenvalue weighted by atomic mass is 10.1. The number of rotatable bonds is 6. The van der Waals surface area contributed by atoms with Crippen molar-refractivity contribution < 1.29 is 22.4 Å². The van der Waals surface area contributed by atoms with E-state index in [-0.39, 0.29) is 22.2 Å². The maximum atomic E-state index is 14.3. The molecule has 0 radical (unpaired) electrons. The van der Waals surface area contributed by atoms with Gasteiger partial charge in [-0.3, -0.25) is 0 Å². The highest BCUT2D eigenvalue weighted by Crippen LogP contribution is 2.30. The summed E-state index contributed by atoms with van der Waals surface area (Å²) in [6.45, 7) is -2.94. The Kier molecular flexibility index (Phi) is 5.90. The number of halogens is 4. The van der Waals surface area contributed by atoms with Gasteiger partial charge in [0.05, 0.1) is 21.6 Å². The van der Waals surface area contributed by atoms with Crippen LogP contribution in [0, 0.1) is 5.82 Å². The normalized spacial score (nSPS) is 13.1. The first kappa shape index (κ1) is 21.9. The van der Waals surface area contributed by atoms with Crippen LogP contribution in [0.3, 0.4) is 0 Å². The highest BCUT2D eigenvalue weighted by Gasteiger charge is 2.16. The van der Waals surface area contributed by atoms with Gasteiger partial charge in [0.1, 0.15) is 17.2 Å². The van der Waals surface area contributed by atoms with E-state index in [0.29, 0.717) is 34.5 Å². The van der Waals surface area contributed by atoms with Gasteiger partial charge in [0.15, 0.2) is 11.7 Å². The maximum absolute atomic E-state index is 14.3. The van der Waals surface area contributed by atoms with Crippen LogP contribution < -0.4 is 15.3 Å². The van der Waals surface area contributed by atoms with Crippen LogP contribution in [0.25, 0.3) is 17.3 Å².